The maximum atomic E-state index is 11.6. The molecule has 0 saturated carbocycles. The monoisotopic (exact) mass is 277 g/mol. The molecule has 20 heavy (non-hydrogen) atoms. The van der Waals surface area contributed by atoms with Gasteiger partial charge in [0.05, 0.1) is 0 Å². The number of rotatable bonds is 8. The van der Waals surface area contributed by atoms with E-state index in [4.69, 9.17) is 5.73 Å². The van der Waals surface area contributed by atoms with Crippen LogP contribution in [-0.4, -0.2) is 24.5 Å². The fourth-order valence-electron chi connectivity index (χ4n) is 1.84. The van der Waals surface area contributed by atoms with Gasteiger partial charge >= 0.3 is 6.03 Å². The predicted molar refractivity (Wildman–Crippen MR) is 79.2 cm³/mol. The second kappa shape index (κ2) is 8.96. The van der Waals surface area contributed by atoms with Gasteiger partial charge in [-0.2, -0.15) is 0 Å². The molecule has 0 fully saturated rings. The molecule has 0 heterocycles. The van der Waals surface area contributed by atoms with E-state index in [-0.39, 0.29) is 18.0 Å². The summed E-state index contributed by atoms with van der Waals surface area (Å²) in [4.78, 5) is 22.1. The number of primary amides is 1. The summed E-state index contributed by atoms with van der Waals surface area (Å²) in [5, 5.41) is 5.58. The zero-order valence-corrected chi connectivity index (χ0v) is 11.9. The van der Waals surface area contributed by atoms with E-state index in [1.54, 1.807) is 0 Å². The van der Waals surface area contributed by atoms with Gasteiger partial charge < -0.3 is 16.4 Å². The lowest BCUT2D eigenvalue weighted by Gasteiger charge is -2.14. The first kappa shape index (κ1) is 16.0. The van der Waals surface area contributed by atoms with Crippen LogP contribution in [0.5, 0.6) is 0 Å². The zero-order chi connectivity index (χ0) is 14.8. The van der Waals surface area contributed by atoms with Crippen LogP contribution in [0.3, 0.4) is 0 Å². The fraction of sp³-hybridized carbons (Fsp3) is 0.467. The Labute approximate surface area is 119 Å². The Bertz CT molecular complexity index is 420. The summed E-state index contributed by atoms with van der Waals surface area (Å²) in [5.74, 6) is -0.344. The minimum absolute atomic E-state index is 0.103. The van der Waals surface area contributed by atoms with Crippen molar-refractivity contribution < 1.29 is 9.59 Å². The van der Waals surface area contributed by atoms with Crippen LogP contribution >= 0.6 is 0 Å². The van der Waals surface area contributed by atoms with Gasteiger partial charge in [0, 0.05) is 19.0 Å². The summed E-state index contributed by atoms with van der Waals surface area (Å²) in [6.45, 7) is 2.44. The van der Waals surface area contributed by atoms with Gasteiger partial charge in [0.25, 0.3) is 0 Å². The molecule has 0 bridgehead atoms. The van der Waals surface area contributed by atoms with Crippen LogP contribution in [0, 0.1) is 0 Å². The van der Waals surface area contributed by atoms with Crippen molar-refractivity contribution in [3.05, 3.63) is 35.9 Å². The lowest BCUT2D eigenvalue weighted by atomic mass is 10.1. The Hall–Kier alpha value is -2.04. The lowest BCUT2D eigenvalue weighted by molar-refractivity contribution is -0.118. The first-order valence-electron chi connectivity index (χ1n) is 6.94. The van der Waals surface area contributed by atoms with Crippen molar-refractivity contribution in [2.45, 2.75) is 38.6 Å². The van der Waals surface area contributed by atoms with Gasteiger partial charge in [-0.05, 0) is 31.7 Å². The van der Waals surface area contributed by atoms with E-state index in [2.05, 4.69) is 22.8 Å². The molecule has 1 atom stereocenters. The number of amides is 3. The van der Waals surface area contributed by atoms with E-state index < -0.39 is 0 Å². The van der Waals surface area contributed by atoms with Gasteiger partial charge in [-0.25, -0.2) is 4.79 Å². The highest BCUT2D eigenvalue weighted by molar-refractivity contribution is 5.75. The highest BCUT2D eigenvalue weighted by atomic mass is 16.2. The van der Waals surface area contributed by atoms with Gasteiger partial charge in [-0.3, -0.25) is 4.79 Å². The van der Waals surface area contributed by atoms with Crippen LogP contribution in [0.15, 0.2) is 30.3 Å². The van der Waals surface area contributed by atoms with Gasteiger partial charge in [-0.1, -0.05) is 30.3 Å². The number of carbonyl (C=O) groups is 2. The molecule has 0 aliphatic rings. The molecule has 0 aliphatic heterocycles. The molecule has 0 radical (unpaired) electrons. The fourth-order valence-corrected chi connectivity index (χ4v) is 1.84. The summed E-state index contributed by atoms with van der Waals surface area (Å²) >= 11 is 0. The molecule has 0 aliphatic carbocycles. The molecule has 5 nitrogen and oxygen atoms in total. The van der Waals surface area contributed by atoms with Crippen molar-refractivity contribution in [1.29, 1.82) is 0 Å². The first-order valence-corrected chi connectivity index (χ1v) is 6.94. The summed E-state index contributed by atoms with van der Waals surface area (Å²) < 4.78 is 0. The second-order valence-corrected chi connectivity index (χ2v) is 4.90. The molecule has 1 rings (SSSR count). The van der Waals surface area contributed by atoms with Crippen molar-refractivity contribution in [2.24, 2.45) is 5.73 Å². The standard InChI is InChI=1S/C15H23N3O2/c1-12(9-10-13-6-3-2-4-7-13)18-15(20)17-11-5-8-14(16)19/h2-4,6-7,12H,5,8-11H2,1H3,(H2,16,19)(H2,17,18,20)/t12-/m1/s1. The van der Waals surface area contributed by atoms with E-state index in [9.17, 15) is 9.59 Å². The van der Waals surface area contributed by atoms with E-state index in [1.807, 2.05) is 25.1 Å². The van der Waals surface area contributed by atoms with Gasteiger partial charge in [-0.15, -0.1) is 0 Å². The zero-order valence-electron chi connectivity index (χ0n) is 11.9. The van der Waals surface area contributed by atoms with Crippen molar-refractivity contribution in [2.75, 3.05) is 6.54 Å². The van der Waals surface area contributed by atoms with Crippen LogP contribution in [0.25, 0.3) is 0 Å². The van der Waals surface area contributed by atoms with Crippen molar-refractivity contribution in [3.8, 4) is 0 Å². The Morgan fingerprint density at radius 3 is 2.60 bits per heavy atom. The van der Waals surface area contributed by atoms with Crippen LogP contribution in [-0.2, 0) is 11.2 Å². The van der Waals surface area contributed by atoms with Crippen molar-refractivity contribution in [3.63, 3.8) is 0 Å². The maximum Gasteiger partial charge on any atom is 0.314 e. The van der Waals surface area contributed by atoms with Gasteiger partial charge in [0.15, 0.2) is 0 Å². The Morgan fingerprint density at radius 1 is 1.25 bits per heavy atom. The van der Waals surface area contributed by atoms with Gasteiger partial charge in [0.2, 0.25) is 5.91 Å². The number of hydrogen-bond acceptors (Lipinski definition) is 2. The maximum absolute atomic E-state index is 11.6. The minimum Gasteiger partial charge on any atom is -0.370 e. The smallest absolute Gasteiger partial charge is 0.314 e. The molecular formula is C15H23N3O2. The number of benzene rings is 1. The molecule has 3 amide bonds. The highest BCUT2D eigenvalue weighted by Crippen LogP contribution is 2.04. The van der Waals surface area contributed by atoms with Crippen LogP contribution in [0.4, 0.5) is 4.79 Å². The van der Waals surface area contributed by atoms with Crippen molar-refractivity contribution >= 4 is 11.9 Å². The van der Waals surface area contributed by atoms with E-state index in [0.717, 1.165) is 12.8 Å². The largest absolute Gasteiger partial charge is 0.370 e. The molecule has 110 valence electrons. The number of carbonyl (C=O) groups excluding carboxylic acids is 2. The number of nitrogens with one attached hydrogen (secondary N) is 2. The van der Waals surface area contributed by atoms with E-state index in [0.29, 0.717) is 19.4 Å². The third kappa shape index (κ3) is 7.41. The number of aryl methyl sites for hydroxylation is 1. The molecule has 0 saturated heterocycles. The van der Waals surface area contributed by atoms with Crippen molar-refractivity contribution in [1.82, 2.24) is 10.6 Å². The predicted octanol–water partition coefficient (Wildman–Crippen LogP) is 1.57. The molecular weight excluding hydrogens is 254 g/mol. The summed E-state index contributed by atoms with van der Waals surface area (Å²) in [7, 11) is 0. The van der Waals surface area contributed by atoms with E-state index >= 15 is 0 Å². The summed E-state index contributed by atoms with van der Waals surface area (Å²) in [5.41, 5.74) is 6.28. The normalized spacial score (nSPS) is 11.7. The summed E-state index contributed by atoms with van der Waals surface area (Å²) in [6.07, 6.45) is 2.69. The molecule has 1 aromatic rings. The van der Waals surface area contributed by atoms with E-state index in [1.165, 1.54) is 5.56 Å². The molecule has 4 N–H and O–H groups in total. The van der Waals surface area contributed by atoms with Crippen LogP contribution in [0.1, 0.15) is 31.7 Å². The molecule has 0 unspecified atom stereocenters. The van der Waals surface area contributed by atoms with Crippen LogP contribution in [0.2, 0.25) is 0 Å². The molecule has 1 aromatic carbocycles. The lowest BCUT2D eigenvalue weighted by Crippen LogP contribution is -2.41. The first-order chi connectivity index (χ1) is 9.58. The third-order valence-electron chi connectivity index (χ3n) is 2.97. The molecule has 0 aromatic heterocycles. The quantitative estimate of drug-likeness (QED) is 0.630. The SMILES string of the molecule is C[C@H](CCc1ccccc1)NC(=O)NCCCC(N)=O. The number of urea groups is 1. The molecule has 0 spiro atoms. The number of hydrogen-bond donors (Lipinski definition) is 3. The third-order valence-corrected chi connectivity index (χ3v) is 2.97. The minimum atomic E-state index is -0.344. The second-order valence-electron chi connectivity index (χ2n) is 4.90. The summed E-state index contributed by atoms with van der Waals surface area (Å²) in [6, 6.07) is 10.1. The van der Waals surface area contributed by atoms with Crippen LogP contribution < -0.4 is 16.4 Å². The Morgan fingerprint density at radius 2 is 1.95 bits per heavy atom. The molecule has 5 heteroatoms. The van der Waals surface area contributed by atoms with Gasteiger partial charge in [0.1, 0.15) is 0 Å². The Kier molecular flexibility index (Phi) is 7.17. The number of nitrogens with two attached hydrogens (primary N) is 1. The average molecular weight is 277 g/mol. The highest BCUT2D eigenvalue weighted by Gasteiger charge is 2.06. The Balaban J connectivity index is 2.13. The topological polar surface area (TPSA) is 84.2 Å². The average Bonchev–Trinajstić information content (AvgIpc) is 2.42.